The minimum Gasteiger partial charge on any atom is -0.312 e. The molecule has 3 rings (SSSR count). The number of rotatable bonds is 5. The van der Waals surface area contributed by atoms with Gasteiger partial charge in [-0.1, -0.05) is 31.2 Å². The molecule has 0 saturated carbocycles. The van der Waals surface area contributed by atoms with Gasteiger partial charge in [0.15, 0.2) is 0 Å². The van der Waals surface area contributed by atoms with Crippen molar-refractivity contribution in [3.63, 3.8) is 0 Å². The Morgan fingerprint density at radius 2 is 2.15 bits per heavy atom. The topological polar surface area (TPSA) is 37.8 Å². The summed E-state index contributed by atoms with van der Waals surface area (Å²) in [5.41, 5.74) is 1.24. The van der Waals surface area contributed by atoms with E-state index in [0.717, 1.165) is 13.1 Å². The second-order valence-corrected chi connectivity index (χ2v) is 5.85. The van der Waals surface area contributed by atoms with Crippen LogP contribution in [0.2, 0.25) is 0 Å². The van der Waals surface area contributed by atoms with Crippen molar-refractivity contribution in [2.75, 3.05) is 6.54 Å². The van der Waals surface area contributed by atoms with Crippen molar-refractivity contribution in [1.82, 2.24) is 15.3 Å². The molecule has 2 aromatic heterocycles. The molecule has 2 heterocycles. The minimum absolute atomic E-state index is 0.443. The lowest BCUT2D eigenvalue weighted by Crippen LogP contribution is -2.19. The van der Waals surface area contributed by atoms with Crippen LogP contribution in [0.3, 0.4) is 0 Å². The predicted molar refractivity (Wildman–Crippen MR) is 84.0 cm³/mol. The van der Waals surface area contributed by atoms with Crippen molar-refractivity contribution in [3.8, 4) is 0 Å². The van der Waals surface area contributed by atoms with Crippen LogP contribution in [0.5, 0.6) is 0 Å². The third kappa shape index (κ3) is 2.86. The fourth-order valence-corrected chi connectivity index (χ4v) is 3.01. The van der Waals surface area contributed by atoms with E-state index in [1.54, 1.807) is 11.3 Å². The molecule has 3 aromatic rings. The first-order chi connectivity index (χ1) is 9.84. The SMILES string of the molecule is CC(CNCc1cncc2ccccc12)c1nccs1. The molecule has 4 heteroatoms. The second kappa shape index (κ2) is 6.11. The Bertz CT molecular complexity index is 674. The molecular weight excluding hydrogens is 266 g/mol. The van der Waals surface area contributed by atoms with Crippen molar-refractivity contribution in [1.29, 1.82) is 0 Å². The first-order valence-corrected chi connectivity index (χ1v) is 7.64. The summed E-state index contributed by atoms with van der Waals surface area (Å²) in [4.78, 5) is 8.67. The molecule has 20 heavy (non-hydrogen) atoms. The van der Waals surface area contributed by atoms with Gasteiger partial charge in [-0.05, 0) is 10.9 Å². The van der Waals surface area contributed by atoms with Crippen molar-refractivity contribution >= 4 is 22.1 Å². The Morgan fingerprint density at radius 1 is 1.25 bits per heavy atom. The Hall–Kier alpha value is -1.78. The summed E-state index contributed by atoms with van der Waals surface area (Å²) in [6.07, 6.45) is 5.73. The maximum absolute atomic E-state index is 4.36. The predicted octanol–water partition coefficient (Wildman–Crippen LogP) is 3.58. The zero-order chi connectivity index (χ0) is 13.8. The number of benzene rings is 1. The van der Waals surface area contributed by atoms with Gasteiger partial charge in [0, 0.05) is 48.4 Å². The van der Waals surface area contributed by atoms with E-state index in [0.29, 0.717) is 5.92 Å². The summed E-state index contributed by atoms with van der Waals surface area (Å²) < 4.78 is 0. The third-order valence-electron chi connectivity index (χ3n) is 3.39. The molecule has 0 bridgehead atoms. The van der Waals surface area contributed by atoms with Crippen molar-refractivity contribution in [3.05, 3.63) is 58.8 Å². The monoisotopic (exact) mass is 283 g/mol. The van der Waals surface area contributed by atoms with E-state index in [1.165, 1.54) is 21.3 Å². The first-order valence-electron chi connectivity index (χ1n) is 6.76. The Labute approximate surface area is 122 Å². The average Bonchev–Trinajstić information content (AvgIpc) is 3.02. The quantitative estimate of drug-likeness (QED) is 0.777. The second-order valence-electron chi connectivity index (χ2n) is 4.92. The minimum atomic E-state index is 0.443. The largest absolute Gasteiger partial charge is 0.312 e. The molecule has 0 aliphatic carbocycles. The molecule has 1 unspecified atom stereocenters. The lowest BCUT2D eigenvalue weighted by Gasteiger charge is -2.11. The van der Waals surface area contributed by atoms with Crippen LogP contribution in [-0.4, -0.2) is 16.5 Å². The van der Waals surface area contributed by atoms with E-state index < -0.39 is 0 Å². The smallest absolute Gasteiger partial charge is 0.0965 e. The molecule has 102 valence electrons. The fraction of sp³-hybridized carbons (Fsp3) is 0.250. The zero-order valence-electron chi connectivity index (χ0n) is 11.4. The molecule has 0 saturated heterocycles. The maximum Gasteiger partial charge on any atom is 0.0965 e. The summed E-state index contributed by atoms with van der Waals surface area (Å²) in [7, 11) is 0. The molecule has 1 aromatic carbocycles. The van der Waals surface area contributed by atoms with Crippen LogP contribution in [-0.2, 0) is 6.54 Å². The highest BCUT2D eigenvalue weighted by Gasteiger charge is 2.08. The molecule has 0 spiro atoms. The van der Waals surface area contributed by atoms with Gasteiger partial charge in [0.05, 0.1) is 5.01 Å². The van der Waals surface area contributed by atoms with Crippen LogP contribution in [0, 0.1) is 0 Å². The summed E-state index contributed by atoms with van der Waals surface area (Å²) in [5.74, 6) is 0.443. The molecule has 1 atom stereocenters. The summed E-state index contributed by atoms with van der Waals surface area (Å²) in [6, 6.07) is 8.37. The van der Waals surface area contributed by atoms with Gasteiger partial charge in [-0.2, -0.15) is 0 Å². The van der Waals surface area contributed by atoms with Gasteiger partial charge >= 0.3 is 0 Å². The molecular formula is C16H17N3S. The van der Waals surface area contributed by atoms with Crippen LogP contribution in [0.15, 0.2) is 48.2 Å². The lowest BCUT2D eigenvalue weighted by atomic mass is 10.1. The van der Waals surface area contributed by atoms with Gasteiger partial charge in [-0.3, -0.25) is 4.98 Å². The van der Waals surface area contributed by atoms with Crippen molar-refractivity contribution < 1.29 is 0 Å². The number of hydrogen-bond acceptors (Lipinski definition) is 4. The van der Waals surface area contributed by atoms with Crippen LogP contribution in [0.25, 0.3) is 10.8 Å². The zero-order valence-corrected chi connectivity index (χ0v) is 12.2. The highest BCUT2D eigenvalue weighted by Crippen LogP contribution is 2.18. The number of pyridine rings is 1. The number of nitrogens with zero attached hydrogens (tertiary/aromatic N) is 2. The van der Waals surface area contributed by atoms with Crippen molar-refractivity contribution in [2.45, 2.75) is 19.4 Å². The van der Waals surface area contributed by atoms with Gasteiger partial charge in [-0.25, -0.2) is 4.98 Å². The van der Waals surface area contributed by atoms with E-state index >= 15 is 0 Å². The van der Waals surface area contributed by atoms with Gasteiger partial charge < -0.3 is 5.32 Å². The van der Waals surface area contributed by atoms with E-state index in [4.69, 9.17) is 0 Å². The summed E-state index contributed by atoms with van der Waals surface area (Å²) in [6.45, 7) is 3.97. The van der Waals surface area contributed by atoms with Crippen LogP contribution in [0.1, 0.15) is 23.4 Å². The number of fused-ring (bicyclic) bond motifs is 1. The van der Waals surface area contributed by atoms with Crippen LogP contribution >= 0.6 is 11.3 Å². The molecule has 3 nitrogen and oxygen atoms in total. The van der Waals surface area contributed by atoms with Gasteiger partial charge in [0.1, 0.15) is 0 Å². The first kappa shape index (κ1) is 13.2. The summed E-state index contributed by atoms with van der Waals surface area (Å²) >= 11 is 1.72. The number of aromatic nitrogens is 2. The van der Waals surface area contributed by atoms with Gasteiger partial charge in [0.25, 0.3) is 0 Å². The standard InChI is InChI=1S/C16H17N3S/c1-12(16-19-6-7-20-16)8-17-10-14-11-18-9-13-4-2-3-5-15(13)14/h2-7,9,11-12,17H,8,10H2,1H3. The van der Waals surface area contributed by atoms with E-state index in [9.17, 15) is 0 Å². The highest BCUT2D eigenvalue weighted by atomic mass is 32.1. The Kier molecular flexibility index (Phi) is 4.04. The Morgan fingerprint density at radius 3 is 3.00 bits per heavy atom. The van der Waals surface area contributed by atoms with Crippen LogP contribution in [0.4, 0.5) is 0 Å². The maximum atomic E-state index is 4.36. The highest BCUT2D eigenvalue weighted by molar-refractivity contribution is 7.09. The number of hydrogen-bond donors (Lipinski definition) is 1. The van der Waals surface area contributed by atoms with Gasteiger partial charge in [0.2, 0.25) is 0 Å². The number of thiazole rings is 1. The van der Waals surface area contributed by atoms with E-state index in [1.807, 2.05) is 30.0 Å². The molecule has 0 radical (unpaired) electrons. The summed E-state index contributed by atoms with van der Waals surface area (Å²) in [5, 5.41) is 9.19. The van der Waals surface area contributed by atoms with Crippen molar-refractivity contribution in [2.24, 2.45) is 0 Å². The molecule has 0 aliphatic heterocycles. The van der Waals surface area contributed by atoms with Crippen LogP contribution < -0.4 is 5.32 Å². The molecule has 0 aliphatic rings. The lowest BCUT2D eigenvalue weighted by molar-refractivity contribution is 0.613. The molecule has 0 fully saturated rings. The fourth-order valence-electron chi connectivity index (χ4n) is 2.31. The third-order valence-corrected chi connectivity index (χ3v) is 4.40. The molecule has 1 N–H and O–H groups in total. The van der Waals surface area contributed by atoms with Gasteiger partial charge in [-0.15, -0.1) is 11.3 Å². The number of nitrogens with one attached hydrogen (secondary N) is 1. The average molecular weight is 283 g/mol. The molecule has 0 amide bonds. The Balaban J connectivity index is 1.66. The van der Waals surface area contributed by atoms with E-state index in [-0.39, 0.29) is 0 Å². The normalized spacial score (nSPS) is 12.7. The van der Waals surface area contributed by atoms with E-state index in [2.05, 4.69) is 40.4 Å².